The predicted octanol–water partition coefficient (Wildman–Crippen LogP) is 6.56. The maximum absolute atomic E-state index is 13.3. The van der Waals surface area contributed by atoms with Crippen LogP contribution in [0, 0.1) is 6.92 Å². The topological polar surface area (TPSA) is 114 Å². The molecule has 2 N–H and O–H groups in total. The Hall–Kier alpha value is -5.12. The van der Waals surface area contributed by atoms with Gasteiger partial charge in [0.1, 0.15) is 17.9 Å². The van der Waals surface area contributed by atoms with E-state index in [2.05, 4.69) is 10.6 Å². The Morgan fingerprint density at radius 1 is 0.886 bits per heavy atom. The number of rotatable bonds is 9. The number of nitrogens with zero attached hydrogens (tertiary/aromatic N) is 1. The molecule has 1 heterocycles. The van der Waals surface area contributed by atoms with E-state index < -0.39 is 23.8 Å². The van der Waals surface area contributed by atoms with Gasteiger partial charge in [-0.05, 0) is 72.7 Å². The molecule has 11 heteroatoms. The summed E-state index contributed by atoms with van der Waals surface area (Å²) in [7, 11) is 0. The Labute approximate surface area is 263 Å². The largest absolute Gasteiger partial charge is 0.489 e. The third kappa shape index (κ3) is 7.26. The number of carbonyl (C=O) groups excluding carboxylic acids is 4. The number of hydrogen-bond donors (Lipinski definition) is 2. The highest BCUT2D eigenvalue weighted by molar-refractivity contribution is 6.40. The van der Waals surface area contributed by atoms with Gasteiger partial charge in [0.05, 0.1) is 15.7 Å². The van der Waals surface area contributed by atoms with Crippen LogP contribution in [0.4, 0.5) is 16.2 Å². The van der Waals surface area contributed by atoms with Crippen molar-refractivity contribution in [1.82, 2.24) is 5.32 Å². The molecule has 5 rings (SSSR count). The van der Waals surface area contributed by atoms with Crippen LogP contribution in [-0.2, 0) is 21.0 Å². The Bertz CT molecular complexity index is 1730. The van der Waals surface area contributed by atoms with Gasteiger partial charge in [0.15, 0.2) is 12.4 Å². The van der Waals surface area contributed by atoms with Crippen molar-refractivity contribution in [3.05, 3.63) is 123 Å². The van der Waals surface area contributed by atoms with E-state index in [0.29, 0.717) is 23.6 Å². The minimum absolute atomic E-state index is 0.0511. The van der Waals surface area contributed by atoms with E-state index in [0.717, 1.165) is 16.0 Å². The second kappa shape index (κ2) is 13.5. The van der Waals surface area contributed by atoms with Crippen LogP contribution in [0.2, 0.25) is 10.0 Å². The molecule has 222 valence electrons. The maximum atomic E-state index is 13.3. The molecular weight excluding hydrogens is 605 g/mol. The van der Waals surface area contributed by atoms with Crippen LogP contribution in [0.1, 0.15) is 16.7 Å². The average Bonchev–Trinajstić information content (AvgIpc) is 3.00. The normalized spacial score (nSPS) is 13.9. The van der Waals surface area contributed by atoms with Gasteiger partial charge in [-0.15, -0.1) is 0 Å². The van der Waals surface area contributed by atoms with E-state index in [1.807, 2.05) is 49.4 Å². The third-order valence-electron chi connectivity index (χ3n) is 6.46. The van der Waals surface area contributed by atoms with Gasteiger partial charge in [-0.3, -0.25) is 19.7 Å². The van der Waals surface area contributed by atoms with Crippen LogP contribution in [0.25, 0.3) is 6.08 Å². The summed E-state index contributed by atoms with van der Waals surface area (Å²) in [4.78, 5) is 51.8. The van der Waals surface area contributed by atoms with Gasteiger partial charge in [-0.2, -0.15) is 0 Å². The number of anilines is 2. The fraction of sp³-hybridized carbons (Fsp3) is 0.0909. The van der Waals surface area contributed by atoms with Crippen LogP contribution in [-0.4, -0.2) is 30.4 Å². The minimum atomic E-state index is -0.890. The van der Waals surface area contributed by atoms with E-state index in [4.69, 9.17) is 32.7 Å². The highest BCUT2D eigenvalue weighted by Gasteiger charge is 2.37. The first-order valence-corrected chi connectivity index (χ1v) is 14.1. The fourth-order valence-electron chi connectivity index (χ4n) is 4.26. The van der Waals surface area contributed by atoms with Crippen molar-refractivity contribution in [2.45, 2.75) is 13.5 Å². The Balaban J connectivity index is 1.27. The number of urea groups is 1. The second-order valence-corrected chi connectivity index (χ2v) is 10.6. The Morgan fingerprint density at radius 2 is 1.55 bits per heavy atom. The number of halogens is 2. The van der Waals surface area contributed by atoms with Gasteiger partial charge < -0.3 is 14.8 Å². The van der Waals surface area contributed by atoms with Gasteiger partial charge in [-0.25, -0.2) is 9.69 Å². The van der Waals surface area contributed by atoms with Crippen molar-refractivity contribution in [1.29, 1.82) is 0 Å². The first kappa shape index (κ1) is 30.3. The molecular formula is C33H25Cl2N3O6. The standard InChI is InChI=1S/C33H25Cl2N3O6/c1-20-7-9-23(10-8-20)36-29(39)19-44-30-27(34)16-22(17-28(30)35)15-26-31(40)37-33(42)38(32(26)41)24-11-13-25(14-12-24)43-18-21-5-3-2-4-6-21/h2-17H,18-19H2,1H3,(H,36,39)(H,37,40,42)/b26-15+. The molecule has 1 saturated heterocycles. The number of hydrogen-bond acceptors (Lipinski definition) is 6. The van der Waals surface area contributed by atoms with E-state index >= 15 is 0 Å². The van der Waals surface area contributed by atoms with Crippen LogP contribution in [0.15, 0.2) is 96.6 Å². The molecule has 0 unspecified atom stereocenters. The Morgan fingerprint density at radius 3 is 2.20 bits per heavy atom. The van der Waals surface area contributed by atoms with Gasteiger partial charge in [0.25, 0.3) is 17.7 Å². The highest BCUT2D eigenvalue weighted by atomic mass is 35.5. The lowest BCUT2D eigenvalue weighted by Crippen LogP contribution is -2.54. The summed E-state index contributed by atoms with van der Waals surface area (Å²) in [5.74, 6) is -1.54. The van der Waals surface area contributed by atoms with Crippen LogP contribution in [0.5, 0.6) is 11.5 Å². The van der Waals surface area contributed by atoms with Gasteiger partial charge in [-0.1, -0.05) is 71.2 Å². The SMILES string of the molecule is Cc1ccc(NC(=O)COc2c(Cl)cc(/C=C3\C(=O)NC(=O)N(c4ccc(OCc5ccccc5)cc4)C3=O)cc2Cl)cc1. The number of ether oxygens (including phenoxy) is 2. The molecule has 0 radical (unpaired) electrons. The van der Waals surface area contributed by atoms with E-state index in [-0.39, 0.29) is 33.7 Å². The molecule has 5 amide bonds. The lowest BCUT2D eigenvalue weighted by atomic mass is 10.1. The van der Waals surface area contributed by atoms with Crippen LogP contribution >= 0.6 is 23.2 Å². The van der Waals surface area contributed by atoms with E-state index in [1.165, 1.54) is 18.2 Å². The lowest BCUT2D eigenvalue weighted by Gasteiger charge is -2.26. The molecule has 1 fully saturated rings. The second-order valence-electron chi connectivity index (χ2n) is 9.74. The van der Waals surface area contributed by atoms with E-state index in [1.54, 1.807) is 36.4 Å². The lowest BCUT2D eigenvalue weighted by molar-refractivity contribution is -0.122. The van der Waals surface area contributed by atoms with Gasteiger partial charge >= 0.3 is 6.03 Å². The maximum Gasteiger partial charge on any atom is 0.335 e. The number of carbonyl (C=O) groups is 4. The molecule has 0 aromatic heterocycles. The molecule has 4 aromatic carbocycles. The molecule has 0 atom stereocenters. The van der Waals surface area contributed by atoms with Crippen molar-refractivity contribution in [3.8, 4) is 11.5 Å². The molecule has 0 saturated carbocycles. The van der Waals surface area contributed by atoms with Crippen molar-refractivity contribution in [2.75, 3.05) is 16.8 Å². The molecule has 1 aliphatic heterocycles. The van der Waals surface area contributed by atoms with Crippen LogP contribution < -0.4 is 25.0 Å². The summed E-state index contributed by atoms with van der Waals surface area (Å²) in [5.41, 5.74) is 2.87. The quantitative estimate of drug-likeness (QED) is 0.160. The van der Waals surface area contributed by atoms with Gasteiger partial charge in [0, 0.05) is 5.69 Å². The number of amides is 5. The number of benzene rings is 4. The number of aryl methyl sites for hydroxylation is 1. The van der Waals surface area contributed by atoms with E-state index in [9.17, 15) is 19.2 Å². The zero-order valence-electron chi connectivity index (χ0n) is 23.3. The molecule has 0 spiro atoms. The first-order valence-electron chi connectivity index (χ1n) is 13.3. The smallest absolute Gasteiger partial charge is 0.335 e. The third-order valence-corrected chi connectivity index (χ3v) is 7.02. The van der Waals surface area contributed by atoms with Crippen molar-refractivity contribution < 1.29 is 28.7 Å². The zero-order valence-corrected chi connectivity index (χ0v) is 24.8. The summed E-state index contributed by atoms with van der Waals surface area (Å²) >= 11 is 12.8. The molecule has 0 aliphatic carbocycles. The minimum Gasteiger partial charge on any atom is -0.489 e. The highest BCUT2D eigenvalue weighted by Crippen LogP contribution is 2.35. The zero-order chi connectivity index (χ0) is 31.2. The molecule has 4 aromatic rings. The monoisotopic (exact) mass is 629 g/mol. The van der Waals surface area contributed by atoms with Crippen molar-refractivity contribution in [2.24, 2.45) is 0 Å². The summed E-state index contributed by atoms with van der Waals surface area (Å²) in [5, 5.41) is 4.99. The summed E-state index contributed by atoms with van der Waals surface area (Å²) in [6.45, 7) is 1.93. The molecule has 1 aliphatic rings. The number of barbiturate groups is 1. The van der Waals surface area contributed by atoms with Crippen molar-refractivity contribution in [3.63, 3.8) is 0 Å². The summed E-state index contributed by atoms with van der Waals surface area (Å²) in [6, 6.07) is 25.2. The molecule has 0 bridgehead atoms. The van der Waals surface area contributed by atoms with Crippen molar-refractivity contribution >= 4 is 64.4 Å². The first-order chi connectivity index (χ1) is 21.2. The molecule has 9 nitrogen and oxygen atoms in total. The number of imide groups is 2. The molecule has 44 heavy (non-hydrogen) atoms. The Kier molecular flexibility index (Phi) is 9.28. The average molecular weight is 630 g/mol. The van der Waals surface area contributed by atoms with Crippen LogP contribution in [0.3, 0.4) is 0 Å². The summed E-state index contributed by atoms with van der Waals surface area (Å²) in [6.07, 6.45) is 1.26. The summed E-state index contributed by atoms with van der Waals surface area (Å²) < 4.78 is 11.3. The predicted molar refractivity (Wildman–Crippen MR) is 168 cm³/mol. The fourth-order valence-corrected chi connectivity index (χ4v) is 4.88. The van der Waals surface area contributed by atoms with Gasteiger partial charge in [0.2, 0.25) is 0 Å². The number of nitrogens with one attached hydrogen (secondary N) is 2.